The van der Waals surface area contributed by atoms with Crippen molar-refractivity contribution in [2.24, 2.45) is 0 Å². The minimum absolute atomic E-state index is 0.228. The van der Waals surface area contributed by atoms with Gasteiger partial charge < -0.3 is 0 Å². The third-order valence-corrected chi connectivity index (χ3v) is 6.24. The van der Waals surface area contributed by atoms with Gasteiger partial charge in [-0.1, -0.05) is 23.7 Å². The highest BCUT2D eigenvalue weighted by Crippen LogP contribution is 2.28. The maximum absolute atomic E-state index is 12.4. The molecule has 0 atom stereocenters. The predicted octanol–water partition coefficient (Wildman–Crippen LogP) is 2.39. The average molecular weight is 292 g/mol. The number of aryl methyl sites for hydroxylation is 1. The van der Waals surface area contributed by atoms with Gasteiger partial charge in [-0.05, 0) is 18.6 Å². The standard InChI is InChI=1S/C11H14ClNO2S2/c1-9-3-2-4-10(11(9)12)17(14,15)13-5-7-16-8-6-13/h2-4H,5-8H2,1H3. The number of hydrogen-bond donors (Lipinski definition) is 0. The largest absolute Gasteiger partial charge is 0.244 e. The van der Waals surface area contributed by atoms with E-state index < -0.39 is 10.0 Å². The zero-order valence-electron chi connectivity index (χ0n) is 9.52. The molecule has 0 aliphatic carbocycles. The SMILES string of the molecule is Cc1cccc(S(=O)(=O)N2CCSCC2)c1Cl. The number of sulfonamides is 1. The maximum Gasteiger partial charge on any atom is 0.244 e. The molecule has 0 N–H and O–H groups in total. The van der Waals surface area contributed by atoms with Crippen molar-refractivity contribution >= 4 is 33.4 Å². The van der Waals surface area contributed by atoms with Crippen molar-refractivity contribution in [3.63, 3.8) is 0 Å². The first-order valence-electron chi connectivity index (χ1n) is 5.36. The van der Waals surface area contributed by atoms with Crippen LogP contribution in [0.4, 0.5) is 0 Å². The van der Waals surface area contributed by atoms with E-state index in [0.29, 0.717) is 18.1 Å². The molecule has 6 heteroatoms. The lowest BCUT2D eigenvalue weighted by Gasteiger charge is -2.26. The van der Waals surface area contributed by atoms with Gasteiger partial charge in [0.25, 0.3) is 0 Å². The molecule has 1 fully saturated rings. The van der Waals surface area contributed by atoms with Gasteiger partial charge in [-0.2, -0.15) is 16.1 Å². The van der Waals surface area contributed by atoms with Crippen LogP contribution in [0, 0.1) is 6.92 Å². The van der Waals surface area contributed by atoms with Gasteiger partial charge in [-0.25, -0.2) is 8.42 Å². The van der Waals surface area contributed by atoms with Crippen LogP contribution in [0.15, 0.2) is 23.1 Å². The summed E-state index contributed by atoms with van der Waals surface area (Å²) in [4.78, 5) is 0.228. The molecule has 0 saturated carbocycles. The molecule has 1 aliphatic heterocycles. The smallest absolute Gasteiger partial charge is 0.207 e. The third-order valence-electron chi connectivity index (χ3n) is 2.74. The Morgan fingerprint density at radius 3 is 2.59 bits per heavy atom. The summed E-state index contributed by atoms with van der Waals surface area (Å²) in [5.74, 6) is 1.70. The van der Waals surface area contributed by atoms with Crippen molar-refractivity contribution in [1.29, 1.82) is 0 Å². The monoisotopic (exact) mass is 291 g/mol. The van der Waals surface area contributed by atoms with Crippen LogP contribution in [0.25, 0.3) is 0 Å². The van der Waals surface area contributed by atoms with E-state index in [0.717, 1.165) is 17.1 Å². The molecule has 0 radical (unpaired) electrons. The predicted molar refractivity (Wildman–Crippen MR) is 72.3 cm³/mol. The molecule has 17 heavy (non-hydrogen) atoms. The zero-order valence-corrected chi connectivity index (χ0v) is 11.9. The molecule has 0 bridgehead atoms. The quantitative estimate of drug-likeness (QED) is 0.840. The van der Waals surface area contributed by atoms with Gasteiger partial charge in [0.2, 0.25) is 10.0 Å². The topological polar surface area (TPSA) is 37.4 Å². The van der Waals surface area contributed by atoms with E-state index in [1.54, 1.807) is 23.9 Å². The van der Waals surface area contributed by atoms with E-state index in [4.69, 9.17) is 11.6 Å². The summed E-state index contributed by atoms with van der Waals surface area (Å²) < 4.78 is 26.3. The molecule has 1 heterocycles. The highest BCUT2D eigenvalue weighted by atomic mass is 35.5. The number of halogens is 1. The van der Waals surface area contributed by atoms with Crippen LogP contribution in [0.2, 0.25) is 5.02 Å². The molecular formula is C11H14ClNO2S2. The van der Waals surface area contributed by atoms with Crippen LogP contribution in [-0.2, 0) is 10.0 Å². The molecule has 1 aliphatic rings. The zero-order chi connectivity index (χ0) is 12.5. The van der Waals surface area contributed by atoms with Crippen LogP contribution in [0.1, 0.15) is 5.56 Å². The van der Waals surface area contributed by atoms with E-state index >= 15 is 0 Å². The summed E-state index contributed by atoms with van der Waals surface area (Å²) in [6.07, 6.45) is 0. The maximum atomic E-state index is 12.4. The van der Waals surface area contributed by atoms with Crippen LogP contribution in [0.5, 0.6) is 0 Å². The molecule has 3 nitrogen and oxygen atoms in total. The Hall–Kier alpha value is -0.230. The first kappa shape index (κ1) is 13.2. The van der Waals surface area contributed by atoms with Crippen molar-refractivity contribution in [1.82, 2.24) is 4.31 Å². The van der Waals surface area contributed by atoms with Crippen LogP contribution >= 0.6 is 23.4 Å². The minimum atomic E-state index is -3.43. The van der Waals surface area contributed by atoms with E-state index in [9.17, 15) is 8.42 Å². The molecular weight excluding hydrogens is 278 g/mol. The van der Waals surface area contributed by atoms with Gasteiger partial charge in [0.1, 0.15) is 4.90 Å². The number of rotatable bonds is 2. The second-order valence-electron chi connectivity index (χ2n) is 3.90. The normalized spacial score (nSPS) is 18.2. The summed E-state index contributed by atoms with van der Waals surface area (Å²) in [6, 6.07) is 5.12. The van der Waals surface area contributed by atoms with Gasteiger partial charge in [0.15, 0.2) is 0 Å². The van der Waals surface area contributed by atoms with E-state index in [1.165, 1.54) is 4.31 Å². The molecule has 2 rings (SSSR count). The molecule has 0 spiro atoms. The van der Waals surface area contributed by atoms with E-state index in [1.807, 2.05) is 13.0 Å². The molecule has 94 valence electrons. The third kappa shape index (κ3) is 2.62. The molecule has 1 aromatic carbocycles. The van der Waals surface area contributed by atoms with Gasteiger partial charge in [0, 0.05) is 24.6 Å². The Kier molecular flexibility index (Phi) is 4.02. The summed E-state index contributed by atoms with van der Waals surface area (Å²) >= 11 is 7.86. The van der Waals surface area contributed by atoms with Crippen molar-refractivity contribution in [3.05, 3.63) is 28.8 Å². The lowest BCUT2D eigenvalue weighted by atomic mass is 10.2. The number of benzene rings is 1. The van der Waals surface area contributed by atoms with Crippen molar-refractivity contribution < 1.29 is 8.42 Å². The fourth-order valence-electron chi connectivity index (χ4n) is 1.75. The Bertz CT molecular complexity index is 510. The lowest BCUT2D eigenvalue weighted by Crippen LogP contribution is -2.38. The molecule has 0 aromatic heterocycles. The molecule has 1 saturated heterocycles. The van der Waals surface area contributed by atoms with E-state index in [2.05, 4.69) is 0 Å². The van der Waals surface area contributed by atoms with Crippen LogP contribution in [-0.4, -0.2) is 37.3 Å². The average Bonchev–Trinajstić information content (AvgIpc) is 2.33. The number of nitrogens with zero attached hydrogens (tertiary/aromatic N) is 1. The van der Waals surface area contributed by atoms with Gasteiger partial charge >= 0.3 is 0 Å². The van der Waals surface area contributed by atoms with Gasteiger partial charge in [-0.15, -0.1) is 0 Å². The second-order valence-corrected chi connectivity index (χ2v) is 7.41. The second kappa shape index (κ2) is 5.18. The Labute approximate surface area is 111 Å². The summed E-state index contributed by atoms with van der Waals surface area (Å²) in [5.41, 5.74) is 0.791. The minimum Gasteiger partial charge on any atom is -0.207 e. The molecule has 1 aromatic rings. The summed E-state index contributed by atoms with van der Waals surface area (Å²) in [6.45, 7) is 2.95. The number of thioether (sulfide) groups is 1. The van der Waals surface area contributed by atoms with Crippen LogP contribution < -0.4 is 0 Å². The fraction of sp³-hybridized carbons (Fsp3) is 0.455. The Balaban J connectivity index is 2.40. The molecule has 0 unspecified atom stereocenters. The van der Waals surface area contributed by atoms with E-state index in [-0.39, 0.29) is 4.90 Å². The summed E-state index contributed by atoms with van der Waals surface area (Å²) in [7, 11) is -3.43. The fourth-order valence-corrected chi connectivity index (χ4v) is 4.88. The highest BCUT2D eigenvalue weighted by Gasteiger charge is 2.28. The first-order chi connectivity index (χ1) is 8.03. The van der Waals surface area contributed by atoms with Crippen LogP contribution in [0.3, 0.4) is 0 Å². The Morgan fingerprint density at radius 2 is 1.94 bits per heavy atom. The highest BCUT2D eigenvalue weighted by molar-refractivity contribution is 7.99. The lowest BCUT2D eigenvalue weighted by molar-refractivity contribution is 0.443. The molecule has 0 amide bonds. The van der Waals surface area contributed by atoms with Crippen molar-refractivity contribution in [2.45, 2.75) is 11.8 Å². The summed E-state index contributed by atoms with van der Waals surface area (Å²) in [5, 5.41) is 0.339. The van der Waals surface area contributed by atoms with Crippen molar-refractivity contribution in [3.8, 4) is 0 Å². The Morgan fingerprint density at radius 1 is 1.29 bits per heavy atom. The first-order valence-corrected chi connectivity index (χ1v) is 8.34. The van der Waals surface area contributed by atoms with Gasteiger partial charge in [-0.3, -0.25) is 0 Å². The van der Waals surface area contributed by atoms with Gasteiger partial charge in [0.05, 0.1) is 5.02 Å². The van der Waals surface area contributed by atoms with Crippen molar-refractivity contribution in [2.75, 3.05) is 24.6 Å². The number of hydrogen-bond acceptors (Lipinski definition) is 3.